The Morgan fingerprint density at radius 3 is 2.56 bits per heavy atom. The monoisotopic (exact) mass is 452 g/mol. The van der Waals surface area contributed by atoms with E-state index in [0.29, 0.717) is 47.6 Å². The van der Waals surface area contributed by atoms with Gasteiger partial charge in [-0.05, 0) is 37.3 Å². The van der Waals surface area contributed by atoms with Gasteiger partial charge in [0, 0.05) is 30.6 Å². The number of carbonyl (C=O) groups is 1. The van der Waals surface area contributed by atoms with Crippen molar-refractivity contribution >= 4 is 32.6 Å². The first-order chi connectivity index (χ1) is 15.6. The third-order valence-electron chi connectivity index (χ3n) is 4.86. The van der Waals surface area contributed by atoms with Gasteiger partial charge in [0.25, 0.3) is 5.91 Å². The minimum Gasteiger partial charge on any atom is -0.497 e. The summed E-state index contributed by atoms with van der Waals surface area (Å²) < 4.78 is 19.2. The average molecular weight is 453 g/mol. The third-order valence-corrected chi connectivity index (χ3v) is 5.90. The molecule has 0 saturated heterocycles. The molecule has 8 nitrogen and oxygen atoms in total. The highest BCUT2D eigenvalue weighted by Gasteiger charge is 2.23. The molecule has 0 N–H and O–H groups in total. The van der Waals surface area contributed by atoms with Gasteiger partial charge in [-0.1, -0.05) is 17.4 Å². The number of ether oxygens (including phenoxy) is 3. The van der Waals surface area contributed by atoms with Crippen molar-refractivity contribution in [1.29, 1.82) is 0 Å². The summed E-state index contributed by atoms with van der Waals surface area (Å²) in [5.74, 6) is 1.59. The molecule has 0 fully saturated rings. The number of methoxy groups -OCH3 is 2. The van der Waals surface area contributed by atoms with Crippen molar-refractivity contribution in [3.63, 3.8) is 0 Å². The Kier molecular flexibility index (Phi) is 6.55. The Balaban J connectivity index is 1.74. The Hall–Kier alpha value is -3.59. The van der Waals surface area contributed by atoms with Gasteiger partial charge >= 0.3 is 0 Å². The second-order valence-corrected chi connectivity index (χ2v) is 7.87. The van der Waals surface area contributed by atoms with Gasteiger partial charge in [0.05, 0.1) is 32.1 Å². The number of hydrogen-bond donors (Lipinski definition) is 0. The Bertz CT molecular complexity index is 1180. The number of hydrogen-bond acceptors (Lipinski definition) is 7. The Morgan fingerprint density at radius 2 is 1.91 bits per heavy atom. The smallest absolute Gasteiger partial charge is 0.260 e. The lowest BCUT2D eigenvalue weighted by atomic mass is 10.1. The molecule has 4 aromatic rings. The zero-order valence-electron chi connectivity index (χ0n) is 18.1. The molecule has 9 heteroatoms. The Morgan fingerprint density at radius 1 is 1.12 bits per heavy atom. The molecule has 0 aliphatic rings. The van der Waals surface area contributed by atoms with Crippen molar-refractivity contribution in [2.45, 2.75) is 13.5 Å². The molecule has 4 rings (SSSR count). The largest absolute Gasteiger partial charge is 0.497 e. The molecule has 0 radical (unpaired) electrons. The first-order valence-electron chi connectivity index (χ1n) is 10.2. The van der Waals surface area contributed by atoms with Crippen LogP contribution in [0.3, 0.4) is 0 Å². The fraction of sp³-hybridized carbons (Fsp3) is 0.261. The van der Waals surface area contributed by atoms with E-state index in [-0.39, 0.29) is 5.91 Å². The molecule has 166 valence electrons. The summed E-state index contributed by atoms with van der Waals surface area (Å²) in [6.07, 6.45) is 3.58. The van der Waals surface area contributed by atoms with Crippen LogP contribution in [0.2, 0.25) is 0 Å². The molecule has 2 heterocycles. The van der Waals surface area contributed by atoms with Gasteiger partial charge in [-0.2, -0.15) is 5.10 Å². The summed E-state index contributed by atoms with van der Waals surface area (Å²) >= 11 is 1.45. The maximum Gasteiger partial charge on any atom is 0.260 e. The standard InChI is InChI=1S/C23H24N4O4S/c1-4-31-19-7-5-8-20-21(19)25-23(32-20)27(12-11-26-10-6-9-24-26)22(28)16-13-17(29-2)15-18(14-16)30-3/h5-10,13-15H,4,11-12H2,1-3H3. The van der Waals surface area contributed by atoms with Crippen LogP contribution in [0.25, 0.3) is 10.2 Å². The summed E-state index contributed by atoms with van der Waals surface area (Å²) in [6.45, 7) is 3.39. The number of rotatable bonds is 9. The minimum atomic E-state index is -0.202. The molecule has 0 spiro atoms. The van der Waals surface area contributed by atoms with Gasteiger partial charge in [0.15, 0.2) is 5.13 Å². The molecular weight excluding hydrogens is 428 g/mol. The van der Waals surface area contributed by atoms with E-state index in [1.54, 1.807) is 48.2 Å². The van der Waals surface area contributed by atoms with E-state index in [0.717, 1.165) is 10.2 Å². The number of carbonyl (C=O) groups excluding carboxylic acids is 1. The van der Waals surface area contributed by atoms with Gasteiger partial charge in [-0.25, -0.2) is 4.98 Å². The fourth-order valence-electron chi connectivity index (χ4n) is 3.30. The predicted octanol–water partition coefficient (Wildman–Crippen LogP) is 4.26. The molecular formula is C23H24N4O4S. The summed E-state index contributed by atoms with van der Waals surface area (Å²) in [5, 5.41) is 4.84. The number of fused-ring (bicyclic) bond motifs is 1. The second-order valence-electron chi connectivity index (χ2n) is 6.86. The molecule has 32 heavy (non-hydrogen) atoms. The van der Waals surface area contributed by atoms with Crippen molar-refractivity contribution in [3.05, 3.63) is 60.4 Å². The molecule has 2 aromatic carbocycles. The van der Waals surface area contributed by atoms with E-state index < -0.39 is 0 Å². The molecule has 0 atom stereocenters. The minimum absolute atomic E-state index is 0.202. The molecule has 0 saturated carbocycles. The molecule has 2 aromatic heterocycles. The first-order valence-corrected chi connectivity index (χ1v) is 11.0. The van der Waals surface area contributed by atoms with E-state index >= 15 is 0 Å². The van der Waals surface area contributed by atoms with Crippen molar-refractivity contribution < 1.29 is 19.0 Å². The second kappa shape index (κ2) is 9.69. The normalized spacial score (nSPS) is 10.8. The Labute approximate surface area is 190 Å². The van der Waals surface area contributed by atoms with E-state index in [4.69, 9.17) is 19.2 Å². The SMILES string of the molecule is CCOc1cccc2sc(N(CCn3cccn3)C(=O)c3cc(OC)cc(OC)c3)nc12. The number of aromatic nitrogens is 3. The number of amides is 1. The van der Waals surface area contributed by atoms with Crippen LogP contribution in [0.1, 0.15) is 17.3 Å². The van der Waals surface area contributed by atoms with Crippen LogP contribution in [0.4, 0.5) is 5.13 Å². The third kappa shape index (κ3) is 4.52. The van der Waals surface area contributed by atoms with Crippen LogP contribution in [0.5, 0.6) is 17.2 Å². The maximum atomic E-state index is 13.6. The number of anilines is 1. The number of benzene rings is 2. The lowest BCUT2D eigenvalue weighted by Gasteiger charge is -2.20. The van der Waals surface area contributed by atoms with Gasteiger partial charge in [0.1, 0.15) is 22.8 Å². The molecule has 0 unspecified atom stereocenters. The van der Waals surface area contributed by atoms with Crippen LogP contribution in [-0.4, -0.2) is 48.0 Å². The van der Waals surface area contributed by atoms with Crippen molar-refractivity contribution in [2.75, 3.05) is 32.3 Å². The summed E-state index contributed by atoms with van der Waals surface area (Å²) in [5.41, 5.74) is 1.19. The van der Waals surface area contributed by atoms with Gasteiger partial charge in [-0.3, -0.25) is 14.4 Å². The van der Waals surface area contributed by atoms with E-state index in [9.17, 15) is 4.79 Å². The molecule has 0 aliphatic carbocycles. The van der Waals surface area contributed by atoms with E-state index in [1.165, 1.54) is 11.3 Å². The highest BCUT2D eigenvalue weighted by molar-refractivity contribution is 7.22. The van der Waals surface area contributed by atoms with Crippen molar-refractivity contribution in [2.24, 2.45) is 0 Å². The van der Waals surface area contributed by atoms with Crippen LogP contribution in [0, 0.1) is 0 Å². The lowest BCUT2D eigenvalue weighted by Crippen LogP contribution is -2.34. The van der Waals surface area contributed by atoms with E-state index in [2.05, 4.69) is 5.10 Å². The topological polar surface area (TPSA) is 78.7 Å². The average Bonchev–Trinajstić information content (AvgIpc) is 3.49. The highest BCUT2D eigenvalue weighted by atomic mass is 32.1. The highest BCUT2D eigenvalue weighted by Crippen LogP contribution is 2.35. The number of para-hydroxylation sites is 1. The van der Waals surface area contributed by atoms with E-state index in [1.807, 2.05) is 37.4 Å². The number of nitrogens with zero attached hydrogens (tertiary/aromatic N) is 4. The number of thiazole rings is 1. The van der Waals surface area contributed by atoms with Crippen LogP contribution >= 0.6 is 11.3 Å². The van der Waals surface area contributed by atoms with Crippen LogP contribution in [0.15, 0.2) is 54.9 Å². The van der Waals surface area contributed by atoms with Gasteiger partial charge in [-0.15, -0.1) is 0 Å². The zero-order chi connectivity index (χ0) is 22.5. The van der Waals surface area contributed by atoms with Crippen molar-refractivity contribution in [1.82, 2.24) is 14.8 Å². The lowest BCUT2D eigenvalue weighted by molar-refractivity contribution is 0.0985. The first kappa shape index (κ1) is 21.6. The zero-order valence-corrected chi connectivity index (χ0v) is 19.0. The summed E-state index contributed by atoms with van der Waals surface area (Å²) in [4.78, 5) is 20.1. The molecule has 0 aliphatic heterocycles. The van der Waals surface area contributed by atoms with Gasteiger partial charge in [0.2, 0.25) is 0 Å². The van der Waals surface area contributed by atoms with Crippen LogP contribution < -0.4 is 19.1 Å². The van der Waals surface area contributed by atoms with Crippen LogP contribution in [-0.2, 0) is 6.54 Å². The molecule has 1 amide bonds. The summed E-state index contributed by atoms with van der Waals surface area (Å²) in [6, 6.07) is 12.8. The maximum absolute atomic E-state index is 13.6. The summed E-state index contributed by atoms with van der Waals surface area (Å²) in [7, 11) is 3.11. The quantitative estimate of drug-likeness (QED) is 0.378. The predicted molar refractivity (Wildman–Crippen MR) is 124 cm³/mol. The molecule has 0 bridgehead atoms. The van der Waals surface area contributed by atoms with Gasteiger partial charge < -0.3 is 14.2 Å². The fourth-order valence-corrected chi connectivity index (χ4v) is 4.31. The van der Waals surface area contributed by atoms with Crippen molar-refractivity contribution in [3.8, 4) is 17.2 Å².